The largest absolute Gasteiger partial charge is 0.493 e. The van der Waals surface area contributed by atoms with Crippen LogP contribution in [-0.2, 0) is 19.4 Å². The number of nitrogens with zero attached hydrogens (tertiary/aromatic N) is 5. The maximum absolute atomic E-state index is 6.19. The van der Waals surface area contributed by atoms with Crippen molar-refractivity contribution in [3.05, 3.63) is 94.8 Å². The van der Waals surface area contributed by atoms with Gasteiger partial charge in [-0.05, 0) is 58.9 Å². The van der Waals surface area contributed by atoms with Crippen molar-refractivity contribution in [2.45, 2.75) is 31.7 Å². The van der Waals surface area contributed by atoms with Crippen molar-refractivity contribution < 1.29 is 4.74 Å². The summed E-state index contributed by atoms with van der Waals surface area (Å²) in [5.74, 6) is 1.81. The number of H-pyrrole nitrogens is 1. The molecule has 1 aliphatic carbocycles. The minimum atomic E-state index is 0.443. The molecule has 0 bridgehead atoms. The van der Waals surface area contributed by atoms with Crippen molar-refractivity contribution in [3.8, 4) is 5.75 Å². The highest BCUT2D eigenvalue weighted by atomic mass is 16.5. The van der Waals surface area contributed by atoms with E-state index < -0.39 is 0 Å². The van der Waals surface area contributed by atoms with Crippen LogP contribution < -0.4 is 10.5 Å². The molecule has 3 heterocycles. The maximum atomic E-state index is 6.19. The number of hydrogen-bond donors (Lipinski definition) is 2. The lowest BCUT2D eigenvalue weighted by Crippen LogP contribution is -2.08. The second-order valence-corrected chi connectivity index (χ2v) is 8.83. The van der Waals surface area contributed by atoms with Gasteiger partial charge in [-0.3, -0.25) is 4.68 Å². The summed E-state index contributed by atoms with van der Waals surface area (Å²) in [5.41, 5.74) is 13.3. The van der Waals surface area contributed by atoms with Gasteiger partial charge in [0, 0.05) is 18.5 Å². The van der Waals surface area contributed by atoms with Gasteiger partial charge in [-0.25, -0.2) is 10.1 Å². The number of pyridine rings is 1. The number of ether oxygens (including phenoxy) is 1. The van der Waals surface area contributed by atoms with Crippen LogP contribution in [0.15, 0.2) is 67.0 Å². The summed E-state index contributed by atoms with van der Waals surface area (Å²) >= 11 is 0. The molecule has 0 fully saturated rings. The van der Waals surface area contributed by atoms with E-state index in [1.54, 1.807) is 0 Å². The highest BCUT2D eigenvalue weighted by Gasteiger charge is 2.22. The van der Waals surface area contributed by atoms with Gasteiger partial charge in [-0.1, -0.05) is 41.6 Å². The molecule has 2 aromatic carbocycles. The lowest BCUT2D eigenvalue weighted by molar-refractivity contribution is 0.287. The van der Waals surface area contributed by atoms with Gasteiger partial charge in [0.05, 0.1) is 19.3 Å². The Morgan fingerprint density at radius 1 is 1.09 bits per heavy atom. The molecule has 0 radical (unpaired) electrons. The number of hydrogen-bond acceptors (Lipinski definition) is 6. The average Bonchev–Trinajstić information content (AvgIpc) is 3.58. The Labute approximate surface area is 196 Å². The van der Waals surface area contributed by atoms with Crippen LogP contribution in [0.3, 0.4) is 0 Å². The van der Waals surface area contributed by atoms with Crippen LogP contribution in [0.4, 0.5) is 5.82 Å². The molecule has 0 aliphatic heterocycles. The number of nitrogens with one attached hydrogen (secondary N) is 1. The molecule has 0 saturated heterocycles. The molecule has 34 heavy (non-hydrogen) atoms. The Morgan fingerprint density at radius 2 is 2.03 bits per heavy atom. The van der Waals surface area contributed by atoms with Gasteiger partial charge in [0.25, 0.3) is 0 Å². The van der Waals surface area contributed by atoms with Gasteiger partial charge in [-0.2, -0.15) is 5.10 Å². The molecule has 6 rings (SSSR count). The van der Waals surface area contributed by atoms with Crippen LogP contribution in [0.1, 0.15) is 40.2 Å². The summed E-state index contributed by atoms with van der Waals surface area (Å²) < 4.78 is 8.13. The van der Waals surface area contributed by atoms with Gasteiger partial charge in [0.1, 0.15) is 17.1 Å². The molecule has 1 unspecified atom stereocenters. The molecule has 3 aromatic heterocycles. The SMILES string of the molecule is Nc1cc(Cc2cnn(Cc3cccc(OCC4CCc5ccccc54)c3)c2)c2nn[nH]c2n1. The van der Waals surface area contributed by atoms with Gasteiger partial charge >= 0.3 is 0 Å². The number of benzene rings is 2. The summed E-state index contributed by atoms with van der Waals surface area (Å²) in [5, 5.41) is 15.3. The zero-order valence-electron chi connectivity index (χ0n) is 18.7. The smallest absolute Gasteiger partial charge is 0.178 e. The lowest BCUT2D eigenvalue weighted by Gasteiger charge is -2.14. The van der Waals surface area contributed by atoms with E-state index >= 15 is 0 Å². The minimum Gasteiger partial charge on any atom is -0.493 e. The van der Waals surface area contributed by atoms with Gasteiger partial charge in [-0.15, -0.1) is 5.10 Å². The standard InChI is InChI=1S/C26H25N7O/c27-24-12-21(25-26(29-24)31-32-30-25)10-18-13-28-33(15-18)14-17-4-3-6-22(11-17)34-16-20-9-8-19-5-1-2-7-23(19)20/h1-7,11-13,15,20H,8-10,14,16H2,(H3,27,29,30,31,32). The van der Waals surface area contributed by atoms with Crippen LogP contribution in [0.2, 0.25) is 0 Å². The van der Waals surface area contributed by atoms with E-state index in [9.17, 15) is 0 Å². The third-order valence-corrected chi connectivity index (χ3v) is 6.43. The highest BCUT2D eigenvalue weighted by Crippen LogP contribution is 2.33. The molecular weight excluding hydrogens is 426 g/mol. The van der Waals surface area contributed by atoms with Gasteiger partial charge in [0.15, 0.2) is 5.65 Å². The first-order valence-corrected chi connectivity index (χ1v) is 11.5. The van der Waals surface area contributed by atoms with Crippen LogP contribution in [0.5, 0.6) is 5.75 Å². The zero-order chi connectivity index (χ0) is 22.9. The Kier molecular flexibility index (Phi) is 5.18. The van der Waals surface area contributed by atoms with Crippen LogP contribution in [0.25, 0.3) is 11.2 Å². The molecule has 5 aromatic rings. The number of nitrogen functional groups attached to an aromatic ring is 1. The zero-order valence-corrected chi connectivity index (χ0v) is 18.7. The van der Waals surface area contributed by atoms with Crippen molar-refractivity contribution in [2.75, 3.05) is 12.3 Å². The van der Waals surface area contributed by atoms with Crippen LogP contribution >= 0.6 is 0 Å². The first-order chi connectivity index (χ1) is 16.7. The van der Waals surface area contributed by atoms with E-state index in [0.717, 1.165) is 40.8 Å². The van der Waals surface area contributed by atoms with E-state index in [4.69, 9.17) is 10.5 Å². The molecule has 0 spiro atoms. The lowest BCUT2D eigenvalue weighted by atomic mass is 10.0. The third-order valence-electron chi connectivity index (χ3n) is 6.43. The van der Waals surface area contributed by atoms with E-state index in [1.807, 2.05) is 35.3 Å². The molecule has 3 N–H and O–H groups in total. The highest BCUT2D eigenvalue weighted by molar-refractivity contribution is 5.76. The number of nitrogens with two attached hydrogens (primary N) is 1. The van der Waals surface area contributed by atoms with Crippen molar-refractivity contribution in [1.29, 1.82) is 0 Å². The molecule has 1 aliphatic rings. The number of anilines is 1. The van der Waals surface area contributed by atoms with Crippen LogP contribution in [-0.4, -0.2) is 36.8 Å². The summed E-state index contributed by atoms with van der Waals surface area (Å²) in [6.45, 7) is 1.37. The average molecular weight is 452 g/mol. The Hall–Kier alpha value is -4.20. The summed E-state index contributed by atoms with van der Waals surface area (Å²) in [6, 6.07) is 18.8. The Balaban J connectivity index is 1.12. The van der Waals surface area contributed by atoms with E-state index in [-0.39, 0.29) is 0 Å². The van der Waals surface area contributed by atoms with E-state index in [0.29, 0.717) is 37.0 Å². The Morgan fingerprint density at radius 3 is 3.00 bits per heavy atom. The third kappa shape index (κ3) is 4.10. The second kappa shape index (κ2) is 8.62. The molecule has 1 atom stereocenters. The van der Waals surface area contributed by atoms with Gasteiger partial charge < -0.3 is 10.5 Å². The van der Waals surface area contributed by atoms with Crippen molar-refractivity contribution in [1.82, 2.24) is 30.2 Å². The fraction of sp³-hybridized carbons (Fsp3) is 0.231. The summed E-state index contributed by atoms with van der Waals surface area (Å²) in [6.07, 6.45) is 6.87. The summed E-state index contributed by atoms with van der Waals surface area (Å²) in [4.78, 5) is 4.22. The number of aromatic amines is 1. The summed E-state index contributed by atoms with van der Waals surface area (Å²) in [7, 11) is 0. The molecule has 8 heteroatoms. The van der Waals surface area contributed by atoms with Crippen LogP contribution in [0, 0.1) is 0 Å². The predicted molar refractivity (Wildman–Crippen MR) is 130 cm³/mol. The molecule has 170 valence electrons. The molecule has 0 amide bonds. The second-order valence-electron chi connectivity index (χ2n) is 8.83. The quantitative estimate of drug-likeness (QED) is 0.389. The van der Waals surface area contributed by atoms with Crippen molar-refractivity contribution in [2.24, 2.45) is 0 Å². The maximum Gasteiger partial charge on any atom is 0.178 e. The Bertz CT molecular complexity index is 1450. The first kappa shape index (κ1) is 20.4. The van der Waals surface area contributed by atoms with E-state index in [2.05, 4.69) is 61.9 Å². The number of fused-ring (bicyclic) bond motifs is 2. The molecular formula is C26H25N7O. The van der Waals surface area contributed by atoms with Gasteiger partial charge in [0.2, 0.25) is 0 Å². The molecule has 0 saturated carbocycles. The molecule has 8 nitrogen and oxygen atoms in total. The fourth-order valence-electron chi connectivity index (χ4n) is 4.80. The number of rotatable bonds is 7. The first-order valence-electron chi connectivity index (χ1n) is 11.5. The normalized spacial score (nSPS) is 15.0. The van der Waals surface area contributed by atoms with Crippen molar-refractivity contribution in [3.63, 3.8) is 0 Å². The number of aromatic nitrogens is 6. The predicted octanol–water partition coefficient (Wildman–Crippen LogP) is 3.88. The van der Waals surface area contributed by atoms with E-state index in [1.165, 1.54) is 11.1 Å². The monoisotopic (exact) mass is 451 g/mol. The minimum absolute atomic E-state index is 0.443. The fourth-order valence-corrected chi connectivity index (χ4v) is 4.80. The number of aryl methyl sites for hydroxylation is 1. The topological polar surface area (TPSA) is 108 Å². The van der Waals surface area contributed by atoms with Crippen molar-refractivity contribution >= 4 is 17.0 Å².